The number of nitrogens with zero attached hydrogens (tertiary/aromatic N) is 4. The van der Waals surface area contributed by atoms with Gasteiger partial charge in [-0.2, -0.15) is 18.3 Å². The van der Waals surface area contributed by atoms with Gasteiger partial charge < -0.3 is 0 Å². The van der Waals surface area contributed by atoms with Crippen molar-refractivity contribution in [3.8, 4) is 22.4 Å². The van der Waals surface area contributed by atoms with Gasteiger partial charge in [0.15, 0.2) is 6.29 Å². The summed E-state index contributed by atoms with van der Waals surface area (Å²) in [6.45, 7) is 0. The van der Waals surface area contributed by atoms with Gasteiger partial charge in [0.1, 0.15) is 0 Å². The van der Waals surface area contributed by atoms with Gasteiger partial charge in [-0.3, -0.25) is 9.48 Å². The van der Waals surface area contributed by atoms with E-state index >= 15 is 0 Å². The van der Waals surface area contributed by atoms with Crippen LogP contribution in [0, 0.1) is 0 Å². The Morgan fingerprint density at radius 1 is 1.08 bits per heavy atom. The predicted molar refractivity (Wildman–Crippen MR) is 80.1 cm³/mol. The van der Waals surface area contributed by atoms with Crippen LogP contribution in [0.25, 0.3) is 22.4 Å². The molecule has 8 heteroatoms. The summed E-state index contributed by atoms with van der Waals surface area (Å²) in [6.07, 6.45) is -0.209. The number of rotatable bonds is 3. The summed E-state index contributed by atoms with van der Waals surface area (Å²) < 4.78 is 39.2. The first-order chi connectivity index (χ1) is 11.4. The van der Waals surface area contributed by atoms with Crippen molar-refractivity contribution in [3.63, 3.8) is 0 Å². The number of aryl methyl sites for hydroxylation is 1. The lowest BCUT2D eigenvalue weighted by Gasteiger charge is -2.09. The average molecular weight is 332 g/mol. The second kappa shape index (κ2) is 5.88. The molecule has 122 valence electrons. The SMILES string of the molecule is Cn1nccc1-c1ccc(-c2cnc(C(F)(F)F)nc2)c(C=O)c1. The fourth-order valence-corrected chi connectivity index (χ4v) is 2.35. The van der Waals surface area contributed by atoms with E-state index in [4.69, 9.17) is 0 Å². The summed E-state index contributed by atoms with van der Waals surface area (Å²) in [6, 6.07) is 6.86. The molecule has 3 aromatic rings. The van der Waals surface area contributed by atoms with Gasteiger partial charge >= 0.3 is 6.18 Å². The molecular formula is C16H11F3N4O. The van der Waals surface area contributed by atoms with Gasteiger partial charge in [0.05, 0.1) is 5.69 Å². The lowest BCUT2D eigenvalue weighted by molar-refractivity contribution is -0.144. The molecule has 2 aromatic heterocycles. The van der Waals surface area contributed by atoms with E-state index in [9.17, 15) is 18.0 Å². The number of hydrogen-bond donors (Lipinski definition) is 0. The molecule has 0 spiro atoms. The Labute approximate surface area is 134 Å². The molecule has 0 bridgehead atoms. The maximum Gasteiger partial charge on any atom is 0.451 e. The van der Waals surface area contributed by atoms with E-state index in [0.29, 0.717) is 23.0 Å². The van der Waals surface area contributed by atoms with Crippen LogP contribution in [0.4, 0.5) is 13.2 Å². The molecule has 24 heavy (non-hydrogen) atoms. The van der Waals surface area contributed by atoms with Gasteiger partial charge in [0.2, 0.25) is 5.82 Å². The molecule has 1 aromatic carbocycles. The normalized spacial score (nSPS) is 11.5. The minimum Gasteiger partial charge on any atom is -0.298 e. The van der Waals surface area contributed by atoms with Crippen molar-refractivity contribution in [1.82, 2.24) is 19.7 Å². The summed E-state index contributed by atoms with van der Waals surface area (Å²) in [5.41, 5.74) is 2.71. The molecule has 3 rings (SSSR count). The average Bonchev–Trinajstić information content (AvgIpc) is 2.99. The number of hydrogen-bond acceptors (Lipinski definition) is 4. The fourth-order valence-electron chi connectivity index (χ4n) is 2.35. The van der Waals surface area contributed by atoms with Crippen LogP contribution < -0.4 is 0 Å². The third kappa shape index (κ3) is 2.90. The van der Waals surface area contributed by atoms with Gasteiger partial charge in [-0.1, -0.05) is 12.1 Å². The highest BCUT2D eigenvalue weighted by Gasteiger charge is 2.34. The summed E-state index contributed by atoms with van der Waals surface area (Å²) in [7, 11) is 1.77. The number of aldehydes is 1. The second-order valence-electron chi connectivity index (χ2n) is 5.05. The van der Waals surface area contributed by atoms with Gasteiger partial charge in [-0.25, -0.2) is 9.97 Å². The summed E-state index contributed by atoms with van der Waals surface area (Å²) in [5, 5.41) is 4.06. The number of carbonyl (C=O) groups is 1. The molecule has 0 radical (unpaired) electrons. The maximum atomic E-state index is 12.5. The van der Waals surface area contributed by atoms with Crippen LogP contribution in [-0.4, -0.2) is 26.0 Å². The predicted octanol–water partition coefficient (Wildman–Crippen LogP) is 3.38. The van der Waals surface area contributed by atoms with Crippen molar-refractivity contribution in [2.75, 3.05) is 0 Å². The molecule has 0 N–H and O–H groups in total. The molecule has 0 amide bonds. The van der Waals surface area contributed by atoms with Gasteiger partial charge in [0, 0.05) is 42.3 Å². The van der Waals surface area contributed by atoms with E-state index in [-0.39, 0.29) is 0 Å². The van der Waals surface area contributed by atoms with Crippen LogP contribution in [-0.2, 0) is 13.2 Å². The number of benzene rings is 1. The first kappa shape index (κ1) is 15.9. The molecule has 0 fully saturated rings. The zero-order valence-electron chi connectivity index (χ0n) is 12.4. The van der Waals surface area contributed by atoms with E-state index in [1.54, 1.807) is 42.2 Å². The minimum atomic E-state index is -4.60. The van der Waals surface area contributed by atoms with Crippen molar-refractivity contribution >= 4 is 6.29 Å². The van der Waals surface area contributed by atoms with E-state index in [1.807, 2.05) is 0 Å². The molecule has 0 atom stereocenters. The molecule has 0 saturated heterocycles. The molecule has 2 heterocycles. The molecule has 0 saturated carbocycles. The quantitative estimate of drug-likeness (QED) is 0.690. The Hall–Kier alpha value is -3.03. The van der Waals surface area contributed by atoms with Gasteiger partial charge in [-0.05, 0) is 17.7 Å². The topological polar surface area (TPSA) is 60.7 Å². The molecular weight excluding hydrogens is 321 g/mol. The third-order valence-electron chi connectivity index (χ3n) is 3.51. The molecule has 0 aliphatic carbocycles. The second-order valence-corrected chi connectivity index (χ2v) is 5.05. The number of aromatic nitrogens is 4. The van der Waals surface area contributed by atoms with Crippen molar-refractivity contribution in [3.05, 3.63) is 54.2 Å². The summed E-state index contributed by atoms with van der Waals surface area (Å²) in [5.74, 6) is -1.22. The van der Waals surface area contributed by atoms with Crippen LogP contribution in [0.1, 0.15) is 16.2 Å². The van der Waals surface area contributed by atoms with Crippen LogP contribution in [0.15, 0.2) is 42.9 Å². The molecule has 5 nitrogen and oxygen atoms in total. The van der Waals surface area contributed by atoms with Crippen LogP contribution in [0.2, 0.25) is 0 Å². The van der Waals surface area contributed by atoms with E-state index in [2.05, 4.69) is 15.1 Å². The van der Waals surface area contributed by atoms with Gasteiger partial charge in [0.25, 0.3) is 0 Å². The number of carbonyl (C=O) groups excluding carboxylic acids is 1. The smallest absolute Gasteiger partial charge is 0.298 e. The van der Waals surface area contributed by atoms with Crippen molar-refractivity contribution in [2.24, 2.45) is 7.05 Å². The first-order valence-corrected chi connectivity index (χ1v) is 6.87. The zero-order chi connectivity index (χ0) is 17.3. The molecule has 0 aliphatic rings. The zero-order valence-corrected chi connectivity index (χ0v) is 12.4. The van der Waals surface area contributed by atoms with E-state index in [0.717, 1.165) is 23.7 Å². The van der Waals surface area contributed by atoms with E-state index in [1.165, 1.54) is 0 Å². The maximum absolute atomic E-state index is 12.5. The standard InChI is InChI=1S/C16H11F3N4O/c1-23-14(4-5-22-23)10-2-3-13(11(6-10)9-24)12-7-20-15(21-8-12)16(17,18)19/h2-9H,1H3. The Balaban J connectivity index is 2.03. The Kier molecular flexibility index (Phi) is 3.88. The van der Waals surface area contributed by atoms with Crippen LogP contribution in [0.3, 0.4) is 0 Å². The van der Waals surface area contributed by atoms with E-state index < -0.39 is 12.0 Å². The lowest BCUT2D eigenvalue weighted by Crippen LogP contribution is -2.10. The highest BCUT2D eigenvalue weighted by Crippen LogP contribution is 2.29. The fraction of sp³-hybridized carbons (Fsp3) is 0.125. The lowest BCUT2D eigenvalue weighted by atomic mass is 9.99. The van der Waals surface area contributed by atoms with Crippen molar-refractivity contribution < 1.29 is 18.0 Å². The Morgan fingerprint density at radius 2 is 1.79 bits per heavy atom. The minimum absolute atomic E-state index is 0.331. The van der Waals surface area contributed by atoms with Crippen molar-refractivity contribution in [1.29, 1.82) is 0 Å². The molecule has 0 unspecified atom stereocenters. The third-order valence-corrected chi connectivity index (χ3v) is 3.51. The van der Waals surface area contributed by atoms with Crippen molar-refractivity contribution in [2.45, 2.75) is 6.18 Å². The van der Waals surface area contributed by atoms with Crippen LogP contribution in [0.5, 0.6) is 0 Å². The number of halogens is 3. The summed E-state index contributed by atoms with van der Waals surface area (Å²) in [4.78, 5) is 18.0. The Bertz CT molecular complexity index is 885. The first-order valence-electron chi connectivity index (χ1n) is 6.87. The largest absolute Gasteiger partial charge is 0.451 e. The number of alkyl halides is 3. The highest BCUT2D eigenvalue weighted by atomic mass is 19.4. The summed E-state index contributed by atoms with van der Waals surface area (Å²) >= 11 is 0. The van der Waals surface area contributed by atoms with Gasteiger partial charge in [-0.15, -0.1) is 0 Å². The monoisotopic (exact) mass is 332 g/mol. The molecule has 0 aliphatic heterocycles. The Morgan fingerprint density at radius 3 is 2.33 bits per heavy atom. The van der Waals surface area contributed by atoms with Crippen LogP contribution >= 0.6 is 0 Å². The highest BCUT2D eigenvalue weighted by molar-refractivity contribution is 5.89.